The molecule has 0 aliphatic carbocycles. The van der Waals surface area contributed by atoms with E-state index in [4.69, 9.17) is 9.84 Å². The Morgan fingerprint density at radius 3 is 2.32 bits per heavy atom. The molecule has 0 unspecified atom stereocenters. The third-order valence-electron chi connectivity index (χ3n) is 3.50. The maximum atomic E-state index is 8.75. The summed E-state index contributed by atoms with van der Waals surface area (Å²) < 4.78 is 5.91. The fourth-order valence-corrected chi connectivity index (χ4v) is 2.35. The van der Waals surface area contributed by atoms with Gasteiger partial charge in [0.25, 0.3) is 0 Å². The van der Waals surface area contributed by atoms with Crippen LogP contribution in [0.3, 0.4) is 0 Å². The van der Waals surface area contributed by atoms with Gasteiger partial charge in [0.2, 0.25) is 0 Å². The molecule has 0 bridgehead atoms. The van der Waals surface area contributed by atoms with Crippen LogP contribution in [0.15, 0.2) is 66.7 Å². The first kappa shape index (κ1) is 14.6. The molecule has 3 aromatic carbocycles. The molecule has 3 nitrogen and oxygen atoms in total. The van der Waals surface area contributed by atoms with Gasteiger partial charge < -0.3 is 15.2 Å². The minimum Gasteiger partial charge on any atom is -0.457 e. The molecular weight excluding hydrogens is 274 g/mol. The molecule has 0 spiro atoms. The minimum atomic E-state index is 0.156. The van der Waals surface area contributed by atoms with Crippen molar-refractivity contribution in [2.75, 3.05) is 13.2 Å². The van der Waals surface area contributed by atoms with Crippen LogP contribution in [-0.4, -0.2) is 18.3 Å². The second-order valence-electron chi connectivity index (χ2n) is 5.16. The number of hydrogen-bond acceptors (Lipinski definition) is 3. The standard InChI is InChI=1S/C19H19NO2/c21-12-11-20-14-15-5-8-18(9-6-15)22-19-10-7-16-3-1-2-4-17(16)13-19/h1-10,13,20-21H,11-12,14H2. The molecule has 0 heterocycles. The Morgan fingerprint density at radius 1 is 0.818 bits per heavy atom. The molecule has 112 valence electrons. The average Bonchev–Trinajstić information content (AvgIpc) is 2.57. The number of aliphatic hydroxyl groups excluding tert-OH is 1. The smallest absolute Gasteiger partial charge is 0.128 e. The van der Waals surface area contributed by atoms with Crippen molar-refractivity contribution in [2.45, 2.75) is 6.54 Å². The Morgan fingerprint density at radius 2 is 1.55 bits per heavy atom. The quantitative estimate of drug-likeness (QED) is 0.681. The minimum absolute atomic E-state index is 0.156. The molecule has 0 fully saturated rings. The number of aliphatic hydroxyl groups is 1. The van der Waals surface area contributed by atoms with Crippen molar-refractivity contribution in [3.05, 3.63) is 72.3 Å². The highest BCUT2D eigenvalue weighted by atomic mass is 16.5. The Hall–Kier alpha value is -2.36. The van der Waals surface area contributed by atoms with Crippen molar-refractivity contribution in [3.8, 4) is 11.5 Å². The highest BCUT2D eigenvalue weighted by Crippen LogP contribution is 2.25. The third kappa shape index (κ3) is 3.64. The highest BCUT2D eigenvalue weighted by molar-refractivity contribution is 5.83. The number of ether oxygens (including phenoxy) is 1. The summed E-state index contributed by atoms with van der Waals surface area (Å²) in [5.74, 6) is 1.66. The van der Waals surface area contributed by atoms with Crippen molar-refractivity contribution in [1.29, 1.82) is 0 Å². The average molecular weight is 293 g/mol. The molecule has 3 heteroatoms. The Balaban J connectivity index is 1.68. The van der Waals surface area contributed by atoms with Gasteiger partial charge in [-0.1, -0.05) is 42.5 Å². The van der Waals surface area contributed by atoms with E-state index in [1.54, 1.807) is 0 Å². The van der Waals surface area contributed by atoms with Gasteiger partial charge in [-0.2, -0.15) is 0 Å². The molecule has 0 amide bonds. The second-order valence-corrected chi connectivity index (χ2v) is 5.16. The van der Waals surface area contributed by atoms with Crippen molar-refractivity contribution >= 4 is 10.8 Å². The van der Waals surface area contributed by atoms with Crippen LogP contribution in [0.4, 0.5) is 0 Å². The van der Waals surface area contributed by atoms with Crippen LogP contribution in [0, 0.1) is 0 Å². The fourth-order valence-electron chi connectivity index (χ4n) is 2.35. The molecular formula is C19H19NO2. The van der Waals surface area contributed by atoms with Gasteiger partial charge in [0.05, 0.1) is 6.61 Å². The Bertz CT molecular complexity index is 738. The van der Waals surface area contributed by atoms with Gasteiger partial charge in [0.1, 0.15) is 11.5 Å². The van der Waals surface area contributed by atoms with Crippen LogP contribution in [0.5, 0.6) is 11.5 Å². The zero-order chi connectivity index (χ0) is 15.2. The van der Waals surface area contributed by atoms with Crippen LogP contribution in [-0.2, 0) is 6.54 Å². The number of nitrogens with one attached hydrogen (secondary N) is 1. The van der Waals surface area contributed by atoms with Gasteiger partial charge in [-0.05, 0) is 40.6 Å². The molecule has 3 rings (SSSR count). The van der Waals surface area contributed by atoms with E-state index < -0.39 is 0 Å². The monoisotopic (exact) mass is 293 g/mol. The van der Waals surface area contributed by atoms with Crippen molar-refractivity contribution in [2.24, 2.45) is 0 Å². The molecule has 0 aliphatic heterocycles. The topological polar surface area (TPSA) is 41.5 Å². The van der Waals surface area contributed by atoms with Gasteiger partial charge >= 0.3 is 0 Å². The summed E-state index contributed by atoms with van der Waals surface area (Å²) in [6, 6.07) is 22.3. The predicted molar refractivity (Wildman–Crippen MR) is 89.3 cm³/mol. The Labute approximate surface area is 130 Å². The third-order valence-corrected chi connectivity index (χ3v) is 3.50. The summed E-state index contributed by atoms with van der Waals surface area (Å²) in [5.41, 5.74) is 1.17. The van der Waals surface area contributed by atoms with Crippen LogP contribution in [0.1, 0.15) is 5.56 Å². The van der Waals surface area contributed by atoms with E-state index in [0.717, 1.165) is 18.0 Å². The summed E-state index contributed by atoms with van der Waals surface area (Å²) in [4.78, 5) is 0. The maximum Gasteiger partial charge on any atom is 0.128 e. The van der Waals surface area contributed by atoms with E-state index in [9.17, 15) is 0 Å². The van der Waals surface area contributed by atoms with Crippen LogP contribution in [0.25, 0.3) is 10.8 Å². The molecule has 22 heavy (non-hydrogen) atoms. The van der Waals surface area contributed by atoms with Crippen molar-refractivity contribution < 1.29 is 9.84 Å². The number of hydrogen-bond donors (Lipinski definition) is 2. The molecule has 0 saturated carbocycles. The number of fused-ring (bicyclic) bond motifs is 1. The molecule has 0 atom stereocenters. The van der Waals surface area contributed by atoms with Crippen LogP contribution < -0.4 is 10.1 Å². The lowest BCUT2D eigenvalue weighted by molar-refractivity contribution is 0.292. The summed E-state index contributed by atoms with van der Waals surface area (Å²) in [7, 11) is 0. The predicted octanol–water partition coefficient (Wildman–Crippen LogP) is 3.71. The lowest BCUT2D eigenvalue weighted by Crippen LogP contribution is -2.17. The van der Waals surface area contributed by atoms with Gasteiger partial charge in [-0.3, -0.25) is 0 Å². The van der Waals surface area contributed by atoms with E-state index in [1.807, 2.05) is 48.5 Å². The highest BCUT2D eigenvalue weighted by Gasteiger charge is 2.00. The fraction of sp³-hybridized carbons (Fsp3) is 0.158. The molecule has 0 radical (unpaired) electrons. The summed E-state index contributed by atoms with van der Waals surface area (Å²) in [6.45, 7) is 1.51. The SMILES string of the molecule is OCCNCc1ccc(Oc2ccc3ccccc3c2)cc1. The lowest BCUT2D eigenvalue weighted by Gasteiger charge is -2.08. The molecule has 0 saturated heterocycles. The van der Waals surface area contributed by atoms with Gasteiger partial charge in [0.15, 0.2) is 0 Å². The normalized spacial score (nSPS) is 10.8. The molecule has 3 aromatic rings. The number of rotatable bonds is 6. The zero-order valence-electron chi connectivity index (χ0n) is 12.3. The van der Waals surface area contributed by atoms with Gasteiger partial charge in [-0.15, -0.1) is 0 Å². The first-order valence-corrected chi connectivity index (χ1v) is 7.42. The Kier molecular flexibility index (Phi) is 4.68. The van der Waals surface area contributed by atoms with E-state index in [0.29, 0.717) is 6.54 Å². The van der Waals surface area contributed by atoms with Gasteiger partial charge in [-0.25, -0.2) is 0 Å². The van der Waals surface area contributed by atoms with Crippen LogP contribution in [0.2, 0.25) is 0 Å². The first-order valence-electron chi connectivity index (χ1n) is 7.42. The largest absolute Gasteiger partial charge is 0.457 e. The molecule has 0 aromatic heterocycles. The van der Waals surface area contributed by atoms with E-state index in [-0.39, 0.29) is 6.61 Å². The maximum absolute atomic E-state index is 8.75. The summed E-state index contributed by atoms with van der Waals surface area (Å²) >= 11 is 0. The zero-order valence-corrected chi connectivity index (χ0v) is 12.3. The van der Waals surface area contributed by atoms with E-state index in [2.05, 4.69) is 23.5 Å². The van der Waals surface area contributed by atoms with E-state index in [1.165, 1.54) is 16.3 Å². The van der Waals surface area contributed by atoms with Gasteiger partial charge in [0, 0.05) is 13.1 Å². The van der Waals surface area contributed by atoms with Crippen LogP contribution >= 0.6 is 0 Å². The number of benzene rings is 3. The first-order chi connectivity index (χ1) is 10.8. The lowest BCUT2D eigenvalue weighted by atomic mass is 10.1. The molecule has 2 N–H and O–H groups in total. The van der Waals surface area contributed by atoms with Crippen molar-refractivity contribution in [3.63, 3.8) is 0 Å². The second kappa shape index (κ2) is 7.07. The summed E-state index contributed by atoms with van der Waals surface area (Å²) in [6.07, 6.45) is 0. The van der Waals surface area contributed by atoms with Crippen molar-refractivity contribution in [1.82, 2.24) is 5.32 Å². The van der Waals surface area contributed by atoms with E-state index >= 15 is 0 Å². The molecule has 0 aliphatic rings. The summed E-state index contributed by atoms with van der Waals surface area (Å²) in [5, 5.41) is 14.3.